The molecule has 0 atom stereocenters. The van der Waals surface area contributed by atoms with E-state index in [9.17, 15) is 8.42 Å². The number of nitrogens with zero attached hydrogens (tertiary/aromatic N) is 2. The van der Waals surface area contributed by atoms with Crippen molar-refractivity contribution < 1.29 is 13.2 Å². The third-order valence-corrected chi connectivity index (χ3v) is 5.14. The van der Waals surface area contributed by atoms with Gasteiger partial charge in [0.25, 0.3) is 10.0 Å². The van der Waals surface area contributed by atoms with E-state index in [4.69, 9.17) is 10.00 Å². The highest BCUT2D eigenvalue weighted by atomic mass is 32.2. The Kier molecular flexibility index (Phi) is 5.77. The molecule has 0 bridgehead atoms. The minimum Gasteiger partial charge on any atom is -0.494 e. The smallest absolute Gasteiger partial charge is 0.261 e. The number of pyridine rings is 1. The van der Waals surface area contributed by atoms with Crippen molar-refractivity contribution in [2.24, 2.45) is 0 Å². The molecule has 0 spiro atoms. The quantitative estimate of drug-likeness (QED) is 0.630. The zero-order valence-electron chi connectivity index (χ0n) is 15.1. The lowest BCUT2D eigenvalue weighted by Crippen LogP contribution is -2.13. The van der Waals surface area contributed by atoms with Gasteiger partial charge in [0.05, 0.1) is 35.0 Å². The van der Waals surface area contributed by atoms with E-state index in [-0.39, 0.29) is 4.90 Å². The number of hydrogen-bond donors (Lipinski definition) is 2. The lowest BCUT2D eigenvalue weighted by molar-refractivity contribution is 0.340. The van der Waals surface area contributed by atoms with Crippen LogP contribution in [0.5, 0.6) is 5.75 Å². The highest BCUT2D eigenvalue weighted by Gasteiger charge is 2.14. The van der Waals surface area contributed by atoms with Crippen LogP contribution < -0.4 is 14.8 Å². The van der Waals surface area contributed by atoms with Crippen molar-refractivity contribution in [3.05, 3.63) is 72.4 Å². The third kappa shape index (κ3) is 4.78. The van der Waals surface area contributed by atoms with Crippen molar-refractivity contribution in [1.82, 2.24) is 4.98 Å². The van der Waals surface area contributed by atoms with E-state index < -0.39 is 10.0 Å². The second-order valence-electron chi connectivity index (χ2n) is 5.76. The molecule has 2 N–H and O–H groups in total. The molecule has 0 aliphatic carbocycles. The summed E-state index contributed by atoms with van der Waals surface area (Å²) in [5.74, 6) is 1.16. The van der Waals surface area contributed by atoms with Gasteiger partial charge in [-0.15, -0.1) is 0 Å². The first kappa shape index (κ1) is 19.2. The van der Waals surface area contributed by atoms with E-state index >= 15 is 0 Å². The van der Waals surface area contributed by atoms with Crippen LogP contribution >= 0.6 is 0 Å². The molecule has 0 aliphatic heterocycles. The Morgan fingerprint density at radius 2 is 1.68 bits per heavy atom. The maximum absolute atomic E-state index is 12.5. The molecular weight excluding hydrogens is 376 g/mol. The van der Waals surface area contributed by atoms with Crippen LogP contribution in [0.1, 0.15) is 12.5 Å². The lowest BCUT2D eigenvalue weighted by atomic mass is 10.2. The molecule has 142 valence electrons. The highest BCUT2D eigenvalue weighted by Crippen LogP contribution is 2.21. The van der Waals surface area contributed by atoms with E-state index in [0.29, 0.717) is 29.4 Å². The molecule has 3 aromatic rings. The first-order valence-electron chi connectivity index (χ1n) is 8.49. The molecule has 7 nitrogen and oxygen atoms in total. The Hall–Kier alpha value is -3.57. The van der Waals surface area contributed by atoms with Gasteiger partial charge in [-0.3, -0.25) is 4.72 Å². The Bertz CT molecular complexity index is 1070. The van der Waals surface area contributed by atoms with Crippen molar-refractivity contribution in [2.75, 3.05) is 16.6 Å². The fraction of sp³-hybridized carbons (Fsp3) is 0.100. The number of benzene rings is 2. The average Bonchev–Trinajstić information content (AvgIpc) is 2.70. The first-order chi connectivity index (χ1) is 13.5. The second-order valence-corrected chi connectivity index (χ2v) is 7.44. The van der Waals surface area contributed by atoms with Gasteiger partial charge in [0.15, 0.2) is 0 Å². The summed E-state index contributed by atoms with van der Waals surface area (Å²) in [5, 5.41) is 11.9. The van der Waals surface area contributed by atoms with Crippen LogP contribution in [0.25, 0.3) is 0 Å². The number of rotatable bonds is 7. The number of sulfonamides is 1. The third-order valence-electron chi connectivity index (χ3n) is 3.75. The van der Waals surface area contributed by atoms with Crippen molar-refractivity contribution in [3.8, 4) is 11.8 Å². The molecule has 1 aromatic heterocycles. The van der Waals surface area contributed by atoms with Crippen LogP contribution in [0.15, 0.2) is 71.8 Å². The van der Waals surface area contributed by atoms with E-state index in [1.165, 1.54) is 18.3 Å². The summed E-state index contributed by atoms with van der Waals surface area (Å²) in [5.41, 5.74) is 1.69. The van der Waals surface area contributed by atoms with Gasteiger partial charge in [-0.1, -0.05) is 0 Å². The molecule has 0 saturated heterocycles. The fourth-order valence-corrected chi connectivity index (χ4v) is 3.44. The number of aromatic nitrogens is 1. The minimum atomic E-state index is -3.72. The monoisotopic (exact) mass is 394 g/mol. The molecule has 0 amide bonds. The van der Waals surface area contributed by atoms with Crippen molar-refractivity contribution in [3.63, 3.8) is 0 Å². The average molecular weight is 394 g/mol. The molecule has 0 aliphatic rings. The summed E-state index contributed by atoms with van der Waals surface area (Å²) in [6.45, 7) is 2.37. The van der Waals surface area contributed by atoms with Crippen LogP contribution in [0.2, 0.25) is 0 Å². The maximum Gasteiger partial charge on any atom is 0.261 e. The second kappa shape index (κ2) is 8.41. The molecule has 0 unspecified atom stereocenters. The van der Waals surface area contributed by atoms with Crippen molar-refractivity contribution in [1.29, 1.82) is 5.26 Å². The molecule has 0 fully saturated rings. The van der Waals surface area contributed by atoms with Crippen molar-refractivity contribution in [2.45, 2.75) is 11.8 Å². The Morgan fingerprint density at radius 3 is 2.25 bits per heavy atom. The summed E-state index contributed by atoms with van der Waals surface area (Å²) < 4.78 is 32.8. The molecule has 0 radical (unpaired) electrons. The Labute approximate surface area is 163 Å². The number of anilines is 3. The van der Waals surface area contributed by atoms with E-state index in [0.717, 1.165) is 5.69 Å². The number of nitriles is 1. The van der Waals surface area contributed by atoms with E-state index in [1.807, 2.05) is 6.92 Å². The van der Waals surface area contributed by atoms with Crippen LogP contribution in [0.3, 0.4) is 0 Å². The number of ether oxygens (including phenoxy) is 1. The zero-order valence-corrected chi connectivity index (χ0v) is 15.9. The van der Waals surface area contributed by atoms with Crippen molar-refractivity contribution >= 4 is 27.2 Å². The first-order valence-corrected chi connectivity index (χ1v) is 9.97. The molecule has 3 rings (SSSR count). The van der Waals surface area contributed by atoms with Gasteiger partial charge >= 0.3 is 0 Å². The molecule has 2 aromatic carbocycles. The van der Waals surface area contributed by atoms with Crippen LogP contribution in [-0.2, 0) is 10.0 Å². The topological polar surface area (TPSA) is 104 Å². The molecular formula is C20H18N4O3S. The molecule has 0 saturated carbocycles. The predicted molar refractivity (Wildman–Crippen MR) is 107 cm³/mol. The summed E-state index contributed by atoms with van der Waals surface area (Å²) in [4.78, 5) is 4.34. The summed E-state index contributed by atoms with van der Waals surface area (Å²) in [6, 6.07) is 18.5. The normalized spacial score (nSPS) is 10.7. The summed E-state index contributed by atoms with van der Waals surface area (Å²) >= 11 is 0. The van der Waals surface area contributed by atoms with Gasteiger partial charge in [0, 0.05) is 5.69 Å². The van der Waals surface area contributed by atoms with Gasteiger partial charge < -0.3 is 10.1 Å². The largest absolute Gasteiger partial charge is 0.494 e. The van der Waals surface area contributed by atoms with Gasteiger partial charge in [-0.2, -0.15) is 5.26 Å². The van der Waals surface area contributed by atoms with E-state index in [2.05, 4.69) is 21.1 Å². The Morgan fingerprint density at radius 1 is 1.00 bits per heavy atom. The SMILES string of the molecule is CCOc1ccc(S(=O)(=O)Nc2ccc(Nc3ccc(C#N)cc3)nc2)cc1. The summed E-state index contributed by atoms with van der Waals surface area (Å²) in [6.07, 6.45) is 1.43. The molecule has 8 heteroatoms. The van der Waals surface area contributed by atoms with Crippen LogP contribution in [0.4, 0.5) is 17.2 Å². The van der Waals surface area contributed by atoms with Gasteiger partial charge in [-0.25, -0.2) is 13.4 Å². The lowest BCUT2D eigenvalue weighted by Gasteiger charge is -2.10. The summed E-state index contributed by atoms with van der Waals surface area (Å²) in [7, 11) is -3.72. The van der Waals surface area contributed by atoms with Gasteiger partial charge in [0.2, 0.25) is 0 Å². The highest BCUT2D eigenvalue weighted by molar-refractivity contribution is 7.92. The molecule has 28 heavy (non-hydrogen) atoms. The maximum atomic E-state index is 12.5. The fourth-order valence-electron chi connectivity index (χ4n) is 2.40. The van der Waals surface area contributed by atoms with Gasteiger partial charge in [-0.05, 0) is 67.6 Å². The number of nitrogens with one attached hydrogen (secondary N) is 2. The minimum absolute atomic E-state index is 0.135. The van der Waals surface area contributed by atoms with Crippen LogP contribution in [0, 0.1) is 11.3 Å². The standard InChI is InChI=1S/C20H18N4O3S/c1-2-27-18-8-10-19(11-9-18)28(25,26)24-17-7-12-20(22-14-17)23-16-5-3-15(13-21)4-6-16/h3-12,14,24H,2H2,1H3,(H,22,23). The van der Waals surface area contributed by atoms with Gasteiger partial charge in [0.1, 0.15) is 11.6 Å². The zero-order chi connectivity index (χ0) is 20.0. The van der Waals surface area contributed by atoms with E-state index in [1.54, 1.807) is 48.5 Å². The Balaban J connectivity index is 1.68. The van der Waals surface area contributed by atoms with Crippen LogP contribution in [-0.4, -0.2) is 20.0 Å². The molecule has 1 heterocycles. The number of hydrogen-bond acceptors (Lipinski definition) is 6. The predicted octanol–water partition coefficient (Wildman–Crippen LogP) is 3.90.